The van der Waals surface area contributed by atoms with E-state index < -0.39 is 5.82 Å². The Hall–Kier alpha value is -1.15. The summed E-state index contributed by atoms with van der Waals surface area (Å²) < 4.78 is 15.3. The Bertz CT molecular complexity index is 582. The summed E-state index contributed by atoms with van der Waals surface area (Å²) in [6.07, 6.45) is 1.48. The molecule has 0 fully saturated rings. The lowest BCUT2D eigenvalue weighted by Crippen LogP contribution is -2.12. The molecule has 0 aliphatic rings. The van der Waals surface area contributed by atoms with Crippen LogP contribution in [0.5, 0.6) is 0 Å². The monoisotopic (exact) mass is 304 g/mol. The number of rotatable bonds is 2. The molecular weight excluding hydrogens is 299 g/mol. The third-order valence-electron chi connectivity index (χ3n) is 1.80. The van der Waals surface area contributed by atoms with E-state index in [1.54, 1.807) is 7.05 Å². The Morgan fingerprint density at radius 3 is 2.94 bits per heavy atom. The van der Waals surface area contributed by atoms with Gasteiger partial charge in [0.1, 0.15) is 5.03 Å². The van der Waals surface area contributed by atoms with Gasteiger partial charge in [-0.1, -0.05) is 0 Å². The molecular formula is C8H6BrFN4OS. The number of halogens is 2. The molecule has 2 aromatic heterocycles. The smallest absolute Gasteiger partial charge is 0.273 e. The Labute approximate surface area is 102 Å². The summed E-state index contributed by atoms with van der Waals surface area (Å²) in [5.41, 5.74) is -0.347. The molecule has 84 valence electrons. The largest absolute Gasteiger partial charge is 0.343 e. The van der Waals surface area contributed by atoms with E-state index in [1.807, 2.05) is 0 Å². The fourth-order valence-electron chi connectivity index (χ4n) is 0.987. The third kappa shape index (κ3) is 2.17. The molecule has 0 saturated heterocycles. The summed E-state index contributed by atoms with van der Waals surface area (Å²) >= 11 is 4.10. The molecule has 2 aromatic rings. The molecule has 1 N–H and O–H groups in total. The second kappa shape index (κ2) is 4.38. The van der Waals surface area contributed by atoms with Crippen LogP contribution in [-0.2, 0) is 7.05 Å². The second-order valence-electron chi connectivity index (χ2n) is 2.91. The van der Waals surface area contributed by atoms with Gasteiger partial charge in [-0.05, 0) is 33.8 Å². The van der Waals surface area contributed by atoms with E-state index in [-0.39, 0.29) is 10.7 Å². The van der Waals surface area contributed by atoms with Crippen molar-refractivity contribution in [1.82, 2.24) is 19.7 Å². The highest BCUT2D eigenvalue weighted by Crippen LogP contribution is 2.26. The van der Waals surface area contributed by atoms with Crippen molar-refractivity contribution in [1.29, 1.82) is 0 Å². The summed E-state index contributed by atoms with van der Waals surface area (Å²) in [6, 6.07) is 1.31. The van der Waals surface area contributed by atoms with E-state index in [0.717, 1.165) is 11.8 Å². The van der Waals surface area contributed by atoms with Crippen molar-refractivity contribution >= 4 is 27.7 Å². The fourth-order valence-corrected chi connectivity index (χ4v) is 2.04. The van der Waals surface area contributed by atoms with Crippen molar-refractivity contribution in [3.05, 3.63) is 33.0 Å². The van der Waals surface area contributed by atoms with Crippen LogP contribution in [0.25, 0.3) is 0 Å². The summed E-state index contributed by atoms with van der Waals surface area (Å²) in [5.74, 6) is -0.463. The first-order chi connectivity index (χ1) is 7.58. The molecule has 0 unspecified atom stereocenters. The van der Waals surface area contributed by atoms with E-state index in [2.05, 4.69) is 31.1 Å². The highest BCUT2D eigenvalue weighted by molar-refractivity contribution is 9.10. The minimum absolute atomic E-state index is 0.172. The first-order valence-electron chi connectivity index (χ1n) is 4.18. The Morgan fingerprint density at radius 1 is 1.62 bits per heavy atom. The molecule has 2 rings (SSSR count). The lowest BCUT2D eigenvalue weighted by molar-refractivity contribution is 0.585. The molecule has 5 nitrogen and oxygen atoms in total. The van der Waals surface area contributed by atoms with Gasteiger partial charge in [0, 0.05) is 17.7 Å². The maximum Gasteiger partial charge on any atom is 0.343 e. The van der Waals surface area contributed by atoms with E-state index in [9.17, 15) is 9.18 Å². The van der Waals surface area contributed by atoms with Crippen LogP contribution >= 0.6 is 27.7 Å². The number of aromatic amines is 1. The zero-order valence-electron chi connectivity index (χ0n) is 8.07. The number of H-pyrrole nitrogens is 1. The van der Waals surface area contributed by atoms with Gasteiger partial charge in [0.15, 0.2) is 11.0 Å². The fraction of sp³-hybridized carbons (Fsp3) is 0.125. The van der Waals surface area contributed by atoms with Gasteiger partial charge in [0.25, 0.3) is 0 Å². The Balaban J connectivity index is 2.34. The van der Waals surface area contributed by atoms with Crippen molar-refractivity contribution in [3.63, 3.8) is 0 Å². The number of hydrogen-bond acceptors (Lipinski definition) is 4. The number of pyridine rings is 1. The molecule has 0 aliphatic carbocycles. The topological polar surface area (TPSA) is 63.6 Å². The summed E-state index contributed by atoms with van der Waals surface area (Å²) in [7, 11) is 1.55. The number of nitrogens with one attached hydrogen (secondary N) is 1. The van der Waals surface area contributed by atoms with Crippen LogP contribution in [0.15, 0.2) is 31.7 Å². The predicted octanol–water partition coefficient (Wildman–Crippen LogP) is 1.56. The second-order valence-corrected chi connectivity index (χ2v) is 4.78. The van der Waals surface area contributed by atoms with Gasteiger partial charge in [-0.25, -0.2) is 19.3 Å². The zero-order valence-corrected chi connectivity index (χ0v) is 10.5. The zero-order chi connectivity index (χ0) is 11.7. The Morgan fingerprint density at radius 2 is 2.38 bits per heavy atom. The molecule has 0 saturated carbocycles. The average Bonchev–Trinajstić information content (AvgIpc) is 2.54. The van der Waals surface area contributed by atoms with Crippen molar-refractivity contribution in [2.24, 2.45) is 7.05 Å². The predicted molar refractivity (Wildman–Crippen MR) is 59.8 cm³/mol. The average molecular weight is 305 g/mol. The van der Waals surface area contributed by atoms with Crippen molar-refractivity contribution in [2.75, 3.05) is 0 Å². The van der Waals surface area contributed by atoms with Gasteiger partial charge in [-0.15, -0.1) is 5.10 Å². The van der Waals surface area contributed by atoms with Crippen molar-refractivity contribution < 1.29 is 4.39 Å². The van der Waals surface area contributed by atoms with Crippen LogP contribution in [0, 0.1) is 5.82 Å². The molecule has 8 heteroatoms. The molecule has 0 radical (unpaired) electrons. The van der Waals surface area contributed by atoms with Gasteiger partial charge in [-0.3, -0.25) is 4.57 Å². The highest BCUT2D eigenvalue weighted by atomic mass is 79.9. The van der Waals surface area contributed by atoms with E-state index in [1.165, 1.54) is 16.8 Å². The Kier molecular flexibility index (Phi) is 3.10. The molecule has 0 atom stereocenters. The summed E-state index contributed by atoms with van der Waals surface area (Å²) in [6.45, 7) is 0. The highest BCUT2D eigenvalue weighted by Gasteiger charge is 2.11. The van der Waals surface area contributed by atoms with Crippen LogP contribution in [0.1, 0.15) is 0 Å². The van der Waals surface area contributed by atoms with Gasteiger partial charge in [0.2, 0.25) is 0 Å². The SMILES string of the molecule is Cn1c(Sc2ncc(Br)cc2F)n[nH]c1=O. The molecule has 0 aliphatic heterocycles. The van der Waals surface area contributed by atoms with E-state index in [4.69, 9.17) is 0 Å². The molecule has 0 amide bonds. The lowest BCUT2D eigenvalue weighted by Gasteiger charge is -2.00. The van der Waals surface area contributed by atoms with Crippen LogP contribution in [0.2, 0.25) is 0 Å². The molecule has 0 bridgehead atoms. The molecule has 0 spiro atoms. The molecule has 16 heavy (non-hydrogen) atoms. The molecule has 0 aromatic carbocycles. The van der Waals surface area contributed by atoms with Crippen LogP contribution < -0.4 is 5.69 Å². The minimum Gasteiger partial charge on any atom is -0.273 e. The van der Waals surface area contributed by atoms with E-state index >= 15 is 0 Å². The minimum atomic E-state index is -0.463. The van der Waals surface area contributed by atoms with Gasteiger partial charge in [-0.2, -0.15) is 0 Å². The van der Waals surface area contributed by atoms with Crippen molar-refractivity contribution in [3.8, 4) is 0 Å². The maximum atomic E-state index is 13.4. The molecule has 2 heterocycles. The summed E-state index contributed by atoms with van der Waals surface area (Å²) in [5, 5.41) is 6.54. The van der Waals surface area contributed by atoms with Gasteiger partial charge in [0.05, 0.1) is 0 Å². The first-order valence-corrected chi connectivity index (χ1v) is 5.79. The maximum absolute atomic E-state index is 13.4. The third-order valence-corrected chi connectivity index (χ3v) is 3.28. The normalized spacial score (nSPS) is 10.7. The van der Waals surface area contributed by atoms with Crippen LogP contribution in [-0.4, -0.2) is 19.7 Å². The quantitative estimate of drug-likeness (QED) is 0.914. The standard InChI is InChI=1S/C8H6BrFN4OS/c1-14-7(15)12-13-8(14)16-6-5(10)2-4(9)3-11-6/h2-3H,1H3,(H,12,15). The number of hydrogen-bond donors (Lipinski definition) is 1. The van der Waals surface area contributed by atoms with Crippen LogP contribution in [0.3, 0.4) is 0 Å². The van der Waals surface area contributed by atoms with E-state index in [0.29, 0.717) is 9.63 Å². The van der Waals surface area contributed by atoms with Crippen LogP contribution in [0.4, 0.5) is 4.39 Å². The number of nitrogens with zero attached hydrogens (tertiary/aromatic N) is 3. The van der Waals surface area contributed by atoms with Crippen molar-refractivity contribution in [2.45, 2.75) is 10.2 Å². The number of aromatic nitrogens is 4. The summed E-state index contributed by atoms with van der Waals surface area (Å²) in [4.78, 5) is 15.0. The van der Waals surface area contributed by atoms with Gasteiger partial charge < -0.3 is 0 Å². The van der Waals surface area contributed by atoms with Gasteiger partial charge >= 0.3 is 5.69 Å². The lowest BCUT2D eigenvalue weighted by atomic mass is 10.5. The first kappa shape index (κ1) is 11.3.